The van der Waals surface area contributed by atoms with Crippen molar-refractivity contribution in [3.8, 4) is 0 Å². The monoisotopic (exact) mass is 384 g/mol. The molecule has 2 aromatic rings. The van der Waals surface area contributed by atoms with Gasteiger partial charge in [-0.25, -0.2) is 0 Å². The molecule has 1 atom stereocenters. The number of alkyl halides is 3. The predicted molar refractivity (Wildman–Crippen MR) is 100 cm³/mol. The van der Waals surface area contributed by atoms with E-state index in [1.54, 1.807) is 24.5 Å². The van der Waals surface area contributed by atoms with Crippen LogP contribution in [-0.2, 0) is 12.7 Å². The molecule has 1 aromatic heterocycles. The summed E-state index contributed by atoms with van der Waals surface area (Å²) < 4.78 is 38.4. The second-order valence-corrected chi connectivity index (χ2v) is 6.98. The van der Waals surface area contributed by atoms with Crippen LogP contribution in [0.4, 0.5) is 13.2 Å². The van der Waals surface area contributed by atoms with Crippen molar-refractivity contribution in [1.82, 2.24) is 15.5 Å². The van der Waals surface area contributed by atoms with Gasteiger partial charge < -0.3 is 15.5 Å². The molecule has 142 valence electrons. The Bertz CT molecular complexity index is 711. The van der Waals surface area contributed by atoms with Crippen molar-refractivity contribution in [2.24, 2.45) is 4.99 Å². The zero-order valence-electron chi connectivity index (χ0n) is 15.0. The minimum atomic E-state index is -4.34. The zero-order valence-corrected chi connectivity index (χ0v) is 15.8. The smallest absolute Gasteiger partial charge is 0.354 e. The van der Waals surface area contributed by atoms with Gasteiger partial charge in [0.25, 0.3) is 0 Å². The number of likely N-dealkylation sites (N-methyl/N-ethyl adjacent to an activating group) is 1. The fourth-order valence-corrected chi connectivity index (χ4v) is 3.40. The van der Waals surface area contributed by atoms with Gasteiger partial charge in [0.2, 0.25) is 0 Å². The number of thiophene rings is 1. The number of hydrogen-bond acceptors (Lipinski definition) is 3. The maximum Gasteiger partial charge on any atom is 0.416 e. The van der Waals surface area contributed by atoms with Crippen LogP contribution in [0.1, 0.15) is 22.0 Å². The van der Waals surface area contributed by atoms with Crippen molar-refractivity contribution in [2.75, 3.05) is 27.7 Å². The van der Waals surface area contributed by atoms with Crippen LogP contribution in [0.25, 0.3) is 0 Å². The van der Waals surface area contributed by atoms with Crippen LogP contribution < -0.4 is 10.6 Å². The molecular formula is C18H23F3N4S. The Hall–Kier alpha value is -2.06. The molecule has 0 aliphatic rings. The molecule has 0 saturated carbocycles. The first-order chi connectivity index (χ1) is 12.3. The molecule has 0 fully saturated rings. The van der Waals surface area contributed by atoms with E-state index in [0.29, 0.717) is 18.1 Å². The molecule has 0 saturated heterocycles. The van der Waals surface area contributed by atoms with Gasteiger partial charge in [-0.3, -0.25) is 4.99 Å². The van der Waals surface area contributed by atoms with E-state index in [9.17, 15) is 13.2 Å². The molecule has 26 heavy (non-hydrogen) atoms. The third kappa shape index (κ3) is 5.74. The first kappa shape index (κ1) is 20.3. The van der Waals surface area contributed by atoms with Crippen LogP contribution in [-0.4, -0.2) is 38.5 Å². The summed E-state index contributed by atoms with van der Waals surface area (Å²) in [5.74, 6) is 0.547. The summed E-state index contributed by atoms with van der Waals surface area (Å²) in [6, 6.07) is 9.56. The second kappa shape index (κ2) is 9.05. The fraction of sp³-hybridized carbons (Fsp3) is 0.389. The Morgan fingerprint density at radius 3 is 2.54 bits per heavy atom. The number of nitrogens with zero attached hydrogens (tertiary/aromatic N) is 2. The van der Waals surface area contributed by atoms with E-state index >= 15 is 0 Å². The molecule has 1 heterocycles. The second-order valence-electron chi connectivity index (χ2n) is 6.00. The summed E-state index contributed by atoms with van der Waals surface area (Å²) in [6.07, 6.45) is -4.34. The minimum absolute atomic E-state index is 0.183. The Kier molecular flexibility index (Phi) is 7.05. The van der Waals surface area contributed by atoms with Crippen LogP contribution in [0, 0.1) is 0 Å². The number of benzene rings is 1. The molecule has 4 nitrogen and oxygen atoms in total. The van der Waals surface area contributed by atoms with Crippen molar-refractivity contribution in [3.05, 3.63) is 57.8 Å². The van der Waals surface area contributed by atoms with Crippen LogP contribution in [0.2, 0.25) is 0 Å². The highest BCUT2D eigenvalue weighted by Crippen LogP contribution is 2.29. The van der Waals surface area contributed by atoms with Crippen LogP contribution >= 0.6 is 11.3 Å². The van der Waals surface area contributed by atoms with Gasteiger partial charge in [-0.1, -0.05) is 18.2 Å². The lowest BCUT2D eigenvalue weighted by molar-refractivity contribution is -0.137. The van der Waals surface area contributed by atoms with E-state index in [4.69, 9.17) is 0 Å². The van der Waals surface area contributed by atoms with Crippen LogP contribution in [0.5, 0.6) is 0 Å². The largest absolute Gasteiger partial charge is 0.416 e. The highest BCUT2D eigenvalue weighted by molar-refractivity contribution is 7.10. The van der Waals surface area contributed by atoms with E-state index in [1.165, 1.54) is 10.9 Å². The number of guanidine groups is 1. The Morgan fingerprint density at radius 1 is 1.19 bits per heavy atom. The highest BCUT2D eigenvalue weighted by Gasteiger charge is 2.30. The van der Waals surface area contributed by atoms with Gasteiger partial charge in [-0.2, -0.15) is 13.2 Å². The molecule has 1 unspecified atom stereocenters. The van der Waals surface area contributed by atoms with E-state index in [0.717, 1.165) is 12.1 Å². The van der Waals surface area contributed by atoms with Gasteiger partial charge in [0.15, 0.2) is 5.96 Å². The Labute approximate surface area is 155 Å². The number of aliphatic imine (C=N–C) groups is 1. The summed E-state index contributed by atoms with van der Waals surface area (Å²) in [7, 11) is 5.65. The third-order valence-corrected chi connectivity index (χ3v) is 4.87. The predicted octanol–water partition coefficient (Wildman–Crippen LogP) is 3.73. The third-order valence-electron chi connectivity index (χ3n) is 3.90. The summed E-state index contributed by atoms with van der Waals surface area (Å²) in [5.41, 5.74) is -0.102. The highest BCUT2D eigenvalue weighted by atomic mass is 32.1. The molecular weight excluding hydrogens is 361 g/mol. The first-order valence-electron chi connectivity index (χ1n) is 8.11. The van der Waals surface area contributed by atoms with E-state index in [1.807, 2.05) is 25.5 Å². The minimum Gasteiger partial charge on any atom is -0.354 e. The van der Waals surface area contributed by atoms with Crippen molar-refractivity contribution < 1.29 is 13.2 Å². The van der Waals surface area contributed by atoms with Gasteiger partial charge in [-0.05, 0) is 43.2 Å². The molecule has 2 rings (SSSR count). The maximum absolute atomic E-state index is 12.8. The Balaban J connectivity index is 1.94. The molecule has 0 amide bonds. The molecule has 8 heteroatoms. The average molecular weight is 384 g/mol. The van der Waals surface area contributed by atoms with Gasteiger partial charge in [0, 0.05) is 25.0 Å². The molecule has 0 spiro atoms. The summed E-state index contributed by atoms with van der Waals surface area (Å²) in [5, 5.41) is 8.33. The zero-order chi connectivity index (χ0) is 19.2. The van der Waals surface area contributed by atoms with E-state index in [-0.39, 0.29) is 12.6 Å². The lowest BCUT2D eigenvalue weighted by Gasteiger charge is -2.24. The molecule has 0 aliphatic heterocycles. The topological polar surface area (TPSA) is 39.7 Å². The van der Waals surface area contributed by atoms with Crippen LogP contribution in [0.3, 0.4) is 0 Å². The van der Waals surface area contributed by atoms with Gasteiger partial charge in [-0.15, -0.1) is 11.3 Å². The molecule has 0 aliphatic carbocycles. The average Bonchev–Trinajstić information content (AvgIpc) is 3.11. The van der Waals surface area contributed by atoms with Crippen molar-refractivity contribution in [3.63, 3.8) is 0 Å². The quantitative estimate of drug-likeness (QED) is 0.589. The fourth-order valence-electron chi connectivity index (χ4n) is 2.48. The van der Waals surface area contributed by atoms with Crippen molar-refractivity contribution >= 4 is 17.3 Å². The van der Waals surface area contributed by atoms with Crippen LogP contribution in [0.15, 0.2) is 46.8 Å². The molecule has 0 bridgehead atoms. The number of hydrogen-bond donors (Lipinski definition) is 2. The maximum atomic E-state index is 12.8. The summed E-state index contributed by atoms with van der Waals surface area (Å²) in [6.45, 7) is 0.894. The molecule has 2 N–H and O–H groups in total. The number of halogens is 3. The van der Waals surface area contributed by atoms with Gasteiger partial charge >= 0.3 is 6.18 Å². The SMILES string of the molecule is CN=C(NCc1cccc(C(F)(F)F)c1)NCC(c1cccs1)N(C)C. The summed E-state index contributed by atoms with van der Waals surface area (Å²) in [4.78, 5) is 7.49. The number of nitrogens with one attached hydrogen (secondary N) is 2. The number of rotatable bonds is 6. The standard InChI is InChI=1S/C18H23F3N4S/c1-22-17(24-12-15(25(2)3)16-8-5-9-26-16)23-11-13-6-4-7-14(10-13)18(19,20)21/h4-10,15H,11-12H2,1-3H3,(H2,22,23,24). The Morgan fingerprint density at radius 2 is 1.96 bits per heavy atom. The van der Waals surface area contributed by atoms with Crippen molar-refractivity contribution in [1.29, 1.82) is 0 Å². The lowest BCUT2D eigenvalue weighted by atomic mass is 10.1. The molecule has 1 aromatic carbocycles. The van der Waals surface area contributed by atoms with E-state index in [2.05, 4.69) is 26.6 Å². The summed E-state index contributed by atoms with van der Waals surface area (Å²) >= 11 is 1.68. The lowest BCUT2D eigenvalue weighted by Crippen LogP contribution is -2.41. The normalized spacial score (nSPS) is 13.7. The van der Waals surface area contributed by atoms with Crippen molar-refractivity contribution in [2.45, 2.75) is 18.8 Å². The van der Waals surface area contributed by atoms with Gasteiger partial charge in [0.05, 0.1) is 11.6 Å². The molecule has 0 radical (unpaired) electrons. The first-order valence-corrected chi connectivity index (χ1v) is 8.99. The van der Waals surface area contributed by atoms with E-state index < -0.39 is 11.7 Å². The van der Waals surface area contributed by atoms with Gasteiger partial charge in [0.1, 0.15) is 0 Å².